The van der Waals surface area contributed by atoms with Crippen LogP contribution in [0.3, 0.4) is 0 Å². The van der Waals surface area contributed by atoms with E-state index in [0.717, 1.165) is 22.3 Å². The largest absolute Gasteiger partial charge is 0.388 e. The van der Waals surface area contributed by atoms with Gasteiger partial charge in [-0.05, 0) is 40.0 Å². The lowest BCUT2D eigenvalue weighted by Crippen LogP contribution is -2.07. The minimum absolute atomic E-state index is 0.331. The van der Waals surface area contributed by atoms with Gasteiger partial charge in [0.15, 0.2) is 0 Å². The second kappa shape index (κ2) is 6.37. The van der Waals surface area contributed by atoms with Gasteiger partial charge in [0.2, 0.25) is 0 Å². The van der Waals surface area contributed by atoms with Crippen LogP contribution in [-0.4, -0.2) is 14.9 Å². The molecule has 2 rings (SSSR count). The third-order valence-electron chi connectivity index (χ3n) is 3.21. The third kappa shape index (κ3) is 3.13. The summed E-state index contributed by atoms with van der Waals surface area (Å²) >= 11 is 6.81. The van der Waals surface area contributed by atoms with E-state index in [2.05, 4.69) is 37.0 Å². The van der Waals surface area contributed by atoms with Crippen LogP contribution in [0.15, 0.2) is 27.1 Å². The number of aliphatic hydroxyl groups excluding tert-OH is 1. The molecular formula is C14H15Br2FN2O. The molecule has 0 aliphatic heterocycles. The van der Waals surface area contributed by atoms with E-state index >= 15 is 0 Å². The molecule has 0 fully saturated rings. The average molecular weight is 406 g/mol. The molecule has 0 bridgehead atoms. The fraction of sp³-hybridized carbons (Fsp3) is 0.357. The van der Waals surface area contributed by atoms with E-state index in [-0.39, 0.29) is 5.82 Å². The quantitative estimate of drug-likeness (QED) is 0.836. The first-order chi connectivity index (χ1) is 9.43. The number of halogens is 3. The van der Waals surface area contributed by atoms with Crippen molar-refractivity contribution in [1.29, 1.82) is 0 Å². The van der Waals surface area contributed by atoms with Crippen molar-refractivity contribution >= 4 is 31.9 Å². The summed E-state index contributed by atoms with van der Waals surface area (Å²) in [4.78, 5) is 0. The second-order valence-electron chi connectivity index (χ2n) is 4.57. The molecule has 0 saturated carbocycles. The summed E-state index contributed by atoms with van der Waals surface area (Å²) in [5.41, 5.74) is 2.55. The lowest BCUT2D eigenvalue weighted by Gasteiger charge is -2.13. The summed E-state index contributed by atoms with van der Waals surface area (Å²) in [5, 5.41) is 14.8. The topological polar surface area (TPSA) is 38.0 Å². The number of aliphatic hydroxyl groups is 1. The number of benzene rings is 1. The summed E-state index contributed by atoms with van der Waals surface area (Å²) in [7, 11) is 1.85. The van der Waals surface area contributed by atoms with Gasteiger partial charge in [-0.25, -0.2) is 4.39 Å². The van der Waals surface area contributed by atoms with Crippen molar-refractivity contribution in [3.8, 4) is 0 Å². The molecule has 108 valence electrons. The Balaban J connectivity index is 2.27. The monoisotopic (exact) mass is 404 g/mol. The van der Waals surface area contributed by atoms with Gasteiger partial charge in [-0.15, -0.1) is 0 Å². The molecule has 1 atom stereocenters. The van der Waals surface area contributed by atoms with Crippen molar-refractivity contribution in [2.24, 2.45) is 7.05 Å². The highest BCUT2D eigenvalue weighted by Gasteiger charge is 2.19. The minimum atomic E-state index is -0.721. The normalized spacial score (nSPS) is 12.7. The molecule has 0 aliphatic rings. The maximum absolute atomic E-state index is 13.1. The van der Waals surface area contributed by atoms with Gasteiger partial charge in [0, 0.05) is 17.9 Å². The number of rotatable bonds is 4. The first-order valence-corrected chi connectivity index (χ1v) is 7.85. The van der Waals surface area contributed by atoms with Crippen LogP contribution in [0.5, 0.6) is 0 Å². The molecule has 6 heteroatoms. The maximum atomic E-state index is 13.1. The zero-order valence-electron chi connectivity index (χ0n) is 11.2. The van der Waals surface area contributed by atoms with Crippen LogP contribution in [0.25, 0.3) is 0 Å². The molecular weight excluding hydrogens is 391 g/mol. The predicted molar refractivity (Wildman–Crippen MR) is 83.0 cm³/mol. The Kier molecular flexibility index (Phi) is 4.99. The predicted octanol–water partition coefficient (Wildman–Crippen LogP) is 3.92. The Hall–Kier alpha value is -0.720. The van der Waals surface area contributed by atoms with Crippen LogP contribution in [0.2, 0.25) is 0 Å². The Morgan fingerprint density at radius 3 is 2.65 bits per heavy atom. The molecule has 1 unspecified atom stereocenters. The van der Waals surface area contributed by atoms with E-state index in [1.54, 1.807) is 10.7 Å². The lowest BCUT2D eigenvalue weighted by molar-refractivity contribution is 0.174. The van der Waals surface area contributed by atoms with Gasteiger partial charge < -0.3 is 5.11 Å². The van der Waals surface area contributed by atoms with Crippen molar-refractivity contribution in [2.75, 3.05) is 0 Å². The zero-order valence-corrected chi connectivity index (χ0v) is 14.4. The van der Waals surface area contributed by atoms with Crippen molar-refractivity contribution in [3.05, 3.63) is 49.9 Å². The third-order valence-corrected chi connectivity index (χ3v) is 4.81. The first kappa shape index (κ1) is 15.7. The number of aryl methyl sites for hydroxylation is 2. The summed E-state index contributed by atoms with van der Waals surface area (Å²) in [5.74, 6) is -0.331. The summed E-state index contributed by atoms with van der Waals surface area (Å²) < 4.78 is 16.3. The van der Waals surface area contributed by atoms with Gasteiger partial charge in [0.05, 0.1) is 22.0 Å². The molecule has 1 N–H and O–H groups in total. The molecule has 0 saturated heterocycles. The Labute approximate surface area is 134 Å². The molecule has 0 radical (unpaired) electrons. The van der Waals surface area contributed by atoms with Crippen LogP contribution < -0.4 is 0 Å². The van der Waals surface area contributed by atoms with E-state index in [1.807, 2.05) is 14.0 Å². The zero-order chi connectivity index (χ0) is 14.9. The van der Waals surface area contributed by atoms with Crippen LogP contribution >= 0.6 is 31.9 Å². The van der Waals surface area contributed by atoms with Gasteiger partial charge in [-0.3, -0.25) is 4.68 Å². The molecule has 0 spiro atoms. The fourth-order valence-electron chi connectivity index (χ4n) is 2.11. The van der Waals surface area contributed by atoms with E-state index in [1.165, 1.54) is 12.1 Å². The van der Waals surface area contributed by atoms with Gasteiger partial charge in [-0.1, -0.05) is 28.9 Å². The number of hydrogen-bond acceptors (Lipinski definition) is 2. The Morgan fingerprint density at radius 2 is 2.10 bits per heavy atom. The van der Waals surface area contributed by atoms with Crippen molar-refractivity contribution in [3.63, 3.8) is 0 Å². The highest BCUT2D eigenvalue weighted by molar-refractivity contribution is 9.10. The number of nitrogens with zero attached hydrogens (tertiary/aromatic N) is 2. The molecule has 3 nitrogen and oxygen atoms in total. The maximum Gasteiger partial charge on any atom is 0.124 e. The van der Waals surface area contributed by atoms with E-state index in [9.17, 15) is 9.50 Å². The standard InChI is InChI=1S/C14H15Br2FN2O/c1-3-11-14(16)12(19(2)18-11)7-13(20)9-5-4-8(17)6-10(9)15/h4-6,13,20H,3,7H2,1-2H3. The fourth-order valence-corrected chi connectivity index (χ4v) is 3.50. The molecule has 0 aliphatic carbocycles. The molecule has 1 aromatic carbocycles. The number of hydrogen-bond donors (Lipinski definition) is 1. The SMILES string of the molecule is CCc1nn(C)c(CC(O)c2ccc(F)cc2Br)c1Br. The Morgan fingerprint density at radius 1 is 1.40 bits per heavy atom. The van der Waals surface area contributed by atoms with Gasteiger partial charge in [0.1, 0.15) is 5.82 Å². The van der Waals surface area contributed by atoms with Crippen molar-refractivity contribution in [1.82, 2.24) is 9.78 Å². The highest BCUT2D eigenvalue weighted by atomic mass is 79.9. The second-order valence-corrected chi connectivity index (χ2v) is 6.22. The van der Waals surface area contributed by atoms with Crippen LogP contribution in [0.4, 0.5) is 4.39 Å². The van der Waals surface area contributed by atoms with Gasteiger partial charge in [0.25, 0.3) is 0 Å². The van der Waals surface area contributed by atoms with E-state index in [4.69, 9.17) is 0 Å². The van der Waals surface area contributed by atoms with E-state index < -0.39 is 6.10 Å². The van der Waals surface area contributed by atoms with Gasteiger partial charge >= 0.3 is 0 Å². The summed E-state index contributed by atoms with van der Waals surface area (Å²) in [6.07, 6.45) is 0.514. The minimum Gasteiger partial charge on any atom is -0.388 e. The Bertz CT molecular complexity index is 628. The van der Waals surface area contributed by atoms with Crippen LogP contribution in [-0.2, 0) is 19.9 Å². The first-order valence-electron chi connectivity index (χ1n) is 6.27. The van der Waals surface area contributed by atoms with Crippen LogP contribution in [0.1, 0.15) is 30.0 Å². The summed E-state index contributed by atoms with van der Waals surface area (Å²) in [6.45, 7) is 2.03. The molecule has 1 aromatic heterocycles. The van der Waals surface area contributed by atoms with Crippen LogP contribution in [0, 0.1) is 5.82 Å². The van der Waals surface area contributed by atoms with Gasteiger partial charge in [-0.2, -0.15) is 5.10 Å². The molecule has 1 heterocycles. The van der Waals surface area contributed by atoms with Crippen molar-refractivity contribution < 1.29 is 9.50 Å². The summed E-state index contributed by atoms with van der Waals surface area (Å²) in [6, 6.07) is 4.29. The average Bonchev–Trinajstić information content (AvgIpc) is 2.66. The lowest BCUT2D eigenvalue weighted by atomic mass is 10.0. The number of aromatic nitrogens is 2. The molecule has 2 aromatic rings. The van der Waals surface area contributed by atoms with E-state index in [0.29, 0.717) is 16.5 Å². The molecule has 20 heavy (non-hydrogen) atoms. The highest BCUT2D eigenvalue weighted by Crippen LogP contribution is 2.30. The van der Waals surface area contributed by atoms with Crippen molar-refractivity contribution in [2.45, 2.75) is 25.9 Å². The smallest absolute Gasteiger partial charge is 0.124 e. The molecule has 0 amide bonds.